The van der Waals surface area contributed by atoms with E-state index in [1.54, 1.807) is 6.07 Å². The van der Waals surface area contributed by atoms with Gasteiger partial charge in [0, 0.05) is 10.3 Å². The maximum atomic E-state index is 10.9. The van der Waals surface area contributed by atoms with E-state index in [2.05, 4.69) is 17.6 Å². The van der Waals surface area contributed by atoms with Crippen LogP contribution in [0.2, 0.25) is 0 Å². The Hall–Kier alpha value is -1.55. The first-order valence-electron chi connectivity index (χ1n) is 4.06. The summed E-state index contributed by atoms with van der Waals surface area (Å²) in [5, 5.41) is 0.947. The molecule has 0 atom stereocenters. The molecule has 0 saturated carbocycles. The number of aromatic nitrogens is 1. The van der Waals surface area contributed by atoms with Gasteiger partial charge in [-0.25, -0.2) is 4.98 Å². The fraction of sp³-hybridized carbons (Fsp3) is 0. The van der Waals surface area contributed by atoms with Crippen molar-refractivity contribution >= 4 is 29.4 Å². The number of rotatable bonds is 1. The van der Waals surface area contributed by atoms with E-state index < -0.39 is 5.91 Å². The van der Waals surface area contributed by atoms with Crippen molar-refractivity contribution in [3.63, 3.8) is 0 Å². The second-order valence-corrected chi connectivity index (χ2v) is 3.45. The number of carbonyl (C=O) groups excluding carboxylic acids is 1. The van der Waals surface area contributed by atoms with Gasteiger partial charge in [0.2, 0.25) is 0 Å². The number of nitrogens with zero attached hydrogens (tertiary/aromatic N) is 1. The van der Waals surface area contributed by atoms with Gasteiger partial charge in [-0.05, 0) is 24.3 Å². The minimum Gasteiger partial charge on any atom is -0.364 e. The molecule has 0 aliphatic heterocycles. The molecule has 0 aliphatic rings. The first-order valence-corrected chi connectivity index (χ1v) is 4.51. The molecule has 1 aromatic carbocycles. The van der Waals surface area contributed by atoms with E-state index in [9.17, 15) is 4.79 Å². The Morgan fingerprint density at radius 3 is 2.79 bits per heavy atom. The van der Waals surface area contributed by atoms with E-state index in [0.29, 0.717) is 0 Å². The van der Waals surface area contributed by atoms with Gasteiger partial charge in [0.25, 0.3) is 5.91 Å². The largest absolute Gasteiger partial charge is 0.364 e. The summed E-state index contributed by atoms with van der Waals surface area (Å²) in [5.41, 5.74) is 6.15. The number of nitrogens with two attached hydrogens (primary N) is 1. The zero-order chi connectivity index (χ0) is 10.1. The summed E-state index contributed by atoms with van der Waals surface area (Å²) in [6, 6.07) is 8.93. The topological polar surface area (TPSA) is 56.0 Å². The van der Waals surface area contributed by atoms with Crippen LogP contribution in [0.25, 0.3) is 10.9 Å². The number of amides is 1. The molecular formula is C10H8N2OS. The average Bonchev–Trinajstić information content (AvgIpc) is 2.16. The zero-order valence-electron chi connectivity index (χ0n) is 7.27. The lowest BCUT2D eigenvalue weighted by Crippen LogP contribution is -2.12. The molecule has 70 valence electrons. The van der Waals surface area contributed by atoms with E-state index >= 15 is 0 Å². The molecule has 0 unspecified atom stereocenters. The molecule has 0 saturated heterocycles. The third kappa shape index (κ3) is 1.56. The SMILES string of the molecule is NC(=O)c1ccc2cc(S)ccc2n1. The Labute approximate surface area is 86.4 Å². The standard InChI is InChI=1S/C10H8N2OS/c11-10(13)9-3-1-6-5-7(14)2-4-8(6)12-9/h1-5,14H,(H2,11,13). The fourth-order valence-electron chi connectivity index (χ4n) is 1.25. The van der Waals surface area contributed by atoms with Gasteiger partial charge in [0.05, 0.1) is 5.52 Å². The lowest BCUT2D eigenvalue weighted by atomic mass is 10.2. The smallest absolute Gasteiger partial charge is 0.267 e. The Balaban J connectivity index is 2.67. The highest BCUT2D eigenvalue weighted by molar-refractivity contribution is 7.80. The van der Waals surface area contributed by atoms with Crippen LogP contribution in [0.3, 0.4) is 0 Å². The number of carbonyl (C=O) groups is 1. The van der Waals surface area contributed by atoms with Crippen molar-refractivity contribution in [1.29, 1.82) is 0 Å². The Morgan fingerprint density at radius 1 is 1.29 bits per heavy atom. The minimum absolute atomic E-state index is 0.282. The number of primary amides is 1. The molecule has 0 bridgehead atoms. The third-order valence-corrected chi connectivity index (χ3v) is 2.20. The minimum atomic E-state index is -0.512. The molecule has 1 heterocycles. The van der Waals surface area contributed by atoms with Gasteiger partial charge in [-0.15, -0.1) is 12.6 Å². The van der Waals surface area contributed by atoms with Gasteiger partial charge in [-0.1, -0.05) is 6.07 Å². The quantitative estimate of drug-likeness (QED) is 0.693. The predicted molar refractivity (Wildman–Crippen MR) is 57.5 cm³/mol. The molecule has 2 aromatic rings. The lowest BCUT2D eigenvalue weighted by molar-refractivity contribution is 0.0996. The van der Waals surface area contributed by atoms with Crippen molar-refractivity contribution in [1.82, 2.24) is 4.98 Å². The fourth-order valence-corrected chi connectivity index (χ4v) is 1.46. The van der Waals surface area contributed by atoms with Crippen LogP contribution in [0.4, 0.5) is 0 Å². The van der Waals surface area contributed by atoms with Gasteiger partial charge < -0.3 is 5.73 Å². The van der Waals surface area contributed by atoms with Crippen molar-refractivity contribution in [2.24, 2.45) is 5.73 Å². The predicted octanol–water partition coefficient (Wildman–Crippen LogP) is 1.62. The molecular weight excluding hydrogens is 196 g/mol. The molecule has 3 nitrogen and oxygen atoms in total. The van der Waals surface area contributed by atoms with Crippen LogP contribution in [0.1, 0.15) is 10.5 Å². The molecule has 0 radical (unpaired) electrons. The highest BCUT2D eigenvalue weighted by atomic mass is 32.1. The average molecular weight is 204 g/mol. The van der Waals surface area contributed by atoms with E-state index in [-0.39, 0.29) is 5.69 Å². The molecule has 14 heavy (non-hydrogen) atoms. The van der Waals surface area contributed by atoms with Crippen molar-refractivity contribution in [3.05, 3.63) is 36.0 Å². The van der Waals surface area contributed by atoms with E-state index in [1.807, 2.05) is 24.3 Å². The summed E-state index contributed by atoms with van der Waals surface area (Å²) in [6.07, 6.45) is 0. The summed E-state index contributed by atoms with van der Waals surface area (Å²) >= 11 is 4.21. The van der Waals surface area contributed by atoms with Gasteiger partial charge in [-0.2, -0.15) is 0 Å². The van der Waals surface area contributed by atoms with Crippen LogP contribution in [-0.4, -0.2) is 10.9 Å². The van der Waals surface area contributed by atoms with Crippen LogP contribution in [0.15, 0.2) is 35.2 Å². The summed E-state index contributed by atoms with van der Waals surface area (Å²) in [7, 11) is 0. The lowest BCUT2D eigenvalue weighted by Gasteiger charge is -1.99. The van der Waals surface area contributed by atoms with Crippen molar-refractivity contribution in [2.45, 2.75) is 4.90 Å². The van der Waals surface area contributed by atoms with Crippen molar-refractivity contribution in [2.75, 3.05) is 0 Å². The summed E-state index contributed by atoms with van der Waals surface area (Å²) in [4.78, 5) is 15.8. The van der Waals surface area contributed by atoms with Crippen molar-refractivity contribution in [3.8, 4) is 0 Å². The summed E-state index contributed by atoms with van der Waals surface area (Å²) in [5.74, 6) is -0.512. The Morgan fingerprint density at radius 2 is 2.07 bits per heavy atom. The van der Waals surface area contributed by atoms with Crippen LogP contribution in [0.5, 0.6) is 0 Å². The maximum Gasteiger partial charge on any atom is 0.267 e. The number of hydrogen-bond acceptors (Lipinski definition) is 3. The third-order valence-electron chi connectivity index (χ3n) is 1.93. The monoisotopic (exact) mass is 204 g/mol. The van der Waals surface area contributed by atoms with E-state index in [4.69, 9.17) is 5.73 Å². The first-order chi connectivity index (χ1) is 6.66. The number of thiol groups is 1. The zero-order valence-corrected chi connectivity index (χ0v) is 8.16. The number of benzene rings is 1. The van der Waals surface area contributed by atoms with E-state index in [1.165, 1.54) is 0 Å². The Kier molecular flexibility index (Phi) is 2.13. The van der Waals surface area contributed by atoms with Gasteiger partial charge >= 0.3 is 0 Å². The first kappa shape index (κ1) is 9.02. The summed E-state index contributed by atoms with van der Waals surface area (Å²) < 4.78 is 0. The van der Waals surface area contributed by atoms with Crippen LogP contribution >= 0.6 is 12.6 Å². The number of pyridine rings is 1. The number of fused-ring (bicyclic) bond motifs is 1. The normalized spacial score (nSPS) is 10.4. The second kappa shape index (κ2) is 3.31. The van der Waals surface area contributed by atoms with Crippen LogP contribution in [0, 0.1) is 0 Å². The maximum absolute atomic E-state index is 10.9. The molecule has 2 rings (SSSR count). The molecule has 0 spiro atoms. The molecule has 4 heteroatoms. The summed E-state index contributed by atoms with van der Waals surface area (Å²) in [6.45, 7) is 0. The number of hydrogen-bond donors (Lipinski definition) is 2. The van der Waals surface area contributed by atoms with Crippen molar-refractivity contribution < 1.29 is 4.79 Å². The molecule has 0 fully saturated rings. The van der Waals surface area contributed by atoms with Crippen LogP contribution < -0.4 is 5.73 Å². The van der Waals surface area contributed by atoms with Gasteiger partial charge in [0.1, 0.15) is 5.69 Å². The Bertz CT molecular complexity index is 510. The van der Waals surface area contributed by atoms with E-state index in [0.717, 1.165) is 15.8 Å². The molecule has 1 amide bonds. The van der Waals surface area contributed by atoms with Gasteiger partial charge in [0.15, 0.2) is 0 Å². The molecule has 1 aromatic heterocycles. The molecule has 0 aliphatic carbocycles. The second-order valence-electron chi connectivity index (χ2n) is 2.94. The highest BCUT2D eigenvalue weighted by Gasteiger charge is 2.02. The van der Waals surface area contributed by atoms with Crippen LogP contribution in [-0.2, 0) is 0 Å². The van der Waals surface area contributed by atoms with Gasteiger partial charge in [-0.3, -0.25) is 4.79 Å². The highest BCUT2D eigenvalue weighted by Crippen LogP contribution is 2.16. The molecule has 2 N–H and O–H groups in total.